The van der Waals surface area contributed by atoms with Crippen molar-refractivity contribution >= 4 is 17.5 Å². The van der Waals surface area contributed by atoms with Crippen LogP contribution in [0.1, 0.15) is 42.6 Å². The monoisotopic (exact) mass is 359 g/mol. The molecule has 0 spiro atoms. The zero-order valence-corrected chi connectivity index (χ0v) is 15.9. The standard InChI is InChI=1S/C20H29N3O3/c1-13-6-9-23(10-7-13)20(25)16-4-5-17(14(2)12-16)22-19(24)18-15(3)26-11-8-21-18/h4-5,12-13,15,18,21H,6-11H2,1-3H3,(H,22,24)/t15-,18+/m1/s1. The minimum Gasteiger partial charge on any atom is -0.375 e. The lowest BCUT2D eigenvalue weighted by Gasteiger charge is -2.30. The molecule has 1 aromatic carbocycles. The van der Waals surface area contributed by atoms with Gasteiger partial charge in [-0.3, -0.25) is 9.59 Å². The van der Waals surface area contributed by atoms with Crippen LogP contribution in [0.15, 0.2) is 18.2 Å². The van der Waals surface area contributed by atoms with Crippen molar-refractivity contribution in [3.05, 3.63) is 29.3 Å². The minimum atomic E-state index is -0.361. The van der Waals surface area contributed by atoms with Crippen LogP contribution in [0.3, 0.4) is 0 Å². The number of hydrogen-bond donors (Lipinski definition) is 2. The Balaban J connectivity index is 1.65. The molecule has 0 bridgehead atoms. The Morgan fingerprint density at radius 3 is 2.62 bits per heavy atom. The highest BCUT2D eigenvalue weighted by molar-refractivity contribution is 5.98. The number of anilines is 1. The number of ether oxygens (including phenoxy) is 1. The largest absolute Gasteiger partial charge is 0.375 e. The lowest BCUT2D eigenvalue weighted by Crippen LogP contribution is -2.53. The number of aryl methyl sites for hydroxylation is 1. The van der Waals surface area contributed by atoms with Crippen molar-refractivity contribution in [1.29, 1.82) is 0 Å². The molecule has 2 atom stereocenters. The number of morpholine rings is 1. The SMILES string of the molecule is Cc1cc(C(=O)N2CCC(C)CC2)ccc1NC(=O)[C@H]1NCCO[C@@H]1C. The number of carbonyl (C=O) groups excluding carboxylic acids is 2. The Kier molecular flexibility index (Phi) is 5.94. The first-order valence-corrected chi connectivity index (χ1v) is 9.51. The van der Waals surface area contributed by atoms with E-state index in [9.17, 15) is 9.59 Å². The molecule has 3 rings (SSSR count). The van der Waals surface area contributed by atoms with Crippen molar-refractivity contribution in [1.82, 2.24) is 10.2 Å². The third-order valence-corrected chi connectivity index (χ3v) is 5.40. The van der Waals surface area contributed by atoms with Gasteiger partial charge < -0.3 is 20.3 Å². The van der Waals surface area contributed by atoms with E-state index in [1.165, 1.54) is 0 Å². The van der Waals surface area contributed by atoms with E-state index in [2.05, 4.69) is 17.6 Å². The summed E-state index contributed by atoms with van der Waals surface area (Å²) in [5.41, 5.74) is 2.31. The molecule has 2 aliphatic rings. The average molecular weight is 359 g/mol. The summed E-state index contributed by atoms with van der Waals surface area (Å²) in [6.07, 6.45) is 1.97. The summed E-state index contributed by atoms with van der Waals surface area (Å²) < 4.78 is 5.53. The van der Waals surface area contributed by atoms with Crippen molar-refractivity contribution in [2.45, 2.75) is 45.8 Å². The highest BCUT2D eigenvalue weighted by Crippen LogP contribution is 2.22. The van der Waals surface area contributed by atoms with Crippen molar-refractivity contribution in [3.8, 4) is 0 Å². The third-order valence-electron chi connectivity index (χ3n) is 5.40. The van der Waals surface area contributed by atoms with Crippen LogP contribution in [0.5, 0.6) is 0 Å². The van der Waals surface area contributed by atoms with Crippen molar-refractivity contribution in [2.75, 3.05) is 31.6 Å². The topological polar surface area (TPSA) is 70.7 Å². The molecule has 1 aromatic rings. The van der Waals surface area contributed by atoms with Gasteiger partial charge in [-0.2, -0.15) is 0 Å². The predicted molar refractivity (Wildman–Crippen MR) is 101 cm³/mol. The van der Waals surface area contributed by atoms with E-state index in [1.807, 2.05) is 30.9 Å². The Labute approximate surface area is 155 Å². The lowest BCUT2D eigenvalue weighted by atomic mass is 9.98. The lowest BCUT2D eigenvalue weighted by molar-refractivity contribution is -0.123. The average Bonchev–Trinajstić information content (AvgIpc) is 2.63. The molecule has 0 aliphatic carbocycles. The van der Waals surface area contributed by atoms with Crippen LogP contribution in [-0.4, -0.2) is 55.1 Å². The molecule has 142 valence electrons. The van der Waals surface area contributed by atoms with E-state index < -0.39 is 0 Å². The van der Waals surface area contributed by atoms with Crippen LogP contribution < -0.4 is 10.6 Å². The quantitative estimate of drug-likeness (QED) is 0.868. The number of carbonyl (C=O) groups is 2. The van der Waals surface area contributed by atoms with Gasteiger partial charge in [-0.25, -0.2) is 0 Å². The summed E-state index contributed by atoms with van der Waals surface area (Å²) in [7, 11) is 0. The first kappa shape index (κ1) is 18.9. The molecular formula is C20H29N3O3. The van der Waals surface area contributed by atoms with Gasteiger partial charge in [0.2, 0.25) is 5.91 Å². The third kappa shape index (κ3) is 4.24. The van der Waals surface area contributed by atoms with Crippen molar-refractivity contribution in [2.24, 2.45) is 5.92 Å². The van der Waals surface area contributed by atoms with E-state index in [-0.39, 0.29) is 24.0 Å². The first-order chi connectivity index (χ1) is 12.5. The van der Waals surface area contributed by atoms with E-state index in [0.29, 0.717) is 24.6 Å². The van der Waals surface area contributed by atoms with E-state index in [4.69, 9.17) is 4.74 Å². The summed E-state index contributed by atoms with van der Waals surface area (Å²) >= 11 is 0. The molecule has 2 heterocycles. The second-order valence-corrected chi connectivity index (χ2v) is 7.50. The molecule has 0 unspecified atom stereocenters. The van der Waals surface area contributed by atoms with Crippen LogP contribution in [0.4, 0.5) is 5.69 Å². The van der Waals surface area contributed by atoms with Gasteiger partial charge in [0.1, 0.15) is 6.04 Å². The molecule has 2 aliphatic heterocycles. The Morgan fingerprint density at radius 2 is 1.96 bits per heavy atom. The second kappa shape index (κ2) is 8.18. The number of amides is 2. The number of rotatable bonds is 3. The van der Waals surface area contributed by atoms with Gasteiger partial charge in [0.05, 0.1) is 12.7 Å². The molecule has 0 radical (unpaired) electrons. The van der Waals surface area contributed by atoms with Gasteiger partial charge in [0.25, 0.3) is 5.91 Å². The van der Waals surface area contributed by atoms with Gasteiger partial charge in [0, 0.05) is 30.9 Å². The fraction of sp³-hybridized carbons (Fsp3) is 0.600. The minimum absolute atomic E-state index is 0.0776. The maximum absolute atomic E-state index is 12.7. The molecule has 2 saturated heterocycles. The molecule has 0 aromatic heterocycles. The smallest absolute Gasteiger partial charge is 0.253 e. The maximum atomic E-state index is 12.7. The number of hydrogen-bond acceptors (Lipinski definition) is 4. The highest BCUT2D eigenvalue weighted by Gasteiger charge is 2.28. The number of likely N-dealkylation sites (tertiary alicyclic amines) is 1. The number of piperidine rings is 1. The Bertz CT molecular complexity index is 668. The molecule has 26 heavy (non-hydrogen) atoms. The second-order valence-electron chi connectivity index (χ2n) is 7.50. The summed E-state index contributed by atoms with van der Waals surface area (Å²) in [4.78, 5) is 27.1. The van der Waals surface area contributed by atoms with Gasteiger partial charge in [-0.1, -0.05) is 6.92 Å². The van der Waals surface area contributed by atoms with Crippen LogP contribution in [0, 0.1) is 12.8 Å². The predicted octanol–water partition coefficient (Wildman–Crippen LogP) is 2.18. The van der Waals surface area contributed by atoms with Gasteiger partial charge >= 0.3 is 0 Å². The summed E-state index contributed by atoms with van der Waals surface area (Å²) in [6, 6.07) is 5.13. The molecular weight excluding hydrogens is 330 g/mol. The van der Waals surface area contributed by atoms with Crippen LogP contribution in [-0.2, 0) is 9.53 Å². The molecule has 2 N–H and O–H groups in total. The Morgan fingerprint density at radius 1 is 1.23 bits per heavy atom. The number of nitrogens with one attached hydrogen (secondary N) is 2. The van der Waals surface area contributed by atoms with Crippen molar-refractivity contribution < 1.29 is 14.3 Å². The fourth-order valence-electron chi connectivity index (χ4n) is 3.57. The number of nitrogens with zero attached hydrogens (tertiary/aromatic N) is 1. The van der Waals surface area contributed by atoms with Gasteiger partial charge in [-0.05, 0) is 56.4 Å². The maximum Gasteiger partial charge on any atom is 0.253 e. The fourth-order valence-corrected chi connectivity index (χ4v) is 3.57. The Hall–Kier alpha value is -1.92. The molecule has 2 amide bonds. The van der Waals surface area contributed by atoms with E-state index in [0.717, 1.165) is 37.2 Å². The molecule has 6 nitrogen and oxygen atoms in total. The van der Waals surface area contributed by atoms with Gasteiger partial charge in [0.15, 0.2) is 0 Å². The van der Waals surface area contributed by atoms with E-state index in [1.54, 1.807) is 6.07 Å². The summed E-state index contributed by atoms with van der Waals surface area (Å²) in [5.74, 6) is 0.663. The zero-order chi connectivity index (χ0) is 18.7. The molecule has 6 heteroatoms. The van der Waals surface area contributed by atoms with Gasteiger partial charge in [-0.15, -0.1) is 0 Å². The zero-order valence-electron chi connectivity index (χ0n) is 15.9. The highest BCUT2D eigenvalue weighted by atomic mass is 16.5. The number of benzene rings is 1. The van der Waals surface area contributed by atoms with E-state index >= 15 is 0 Å². The molecule has 0 saturated carbocycles. The first-order valence-electron chi connectivity index (χ1n) is 9.51. The van der Waals surface area contributed by atoms with Crippen LogP contribution in [0.25, 0.3) is 0 Å². The summed E-state index contributed by atoms with van der Waals surface area (Å²) in [6.45, 7) is 8.98. The normalized spacial score (nSPS) is 24.3. The van der Waals surface area contributed by atoms with Crippen LogP contribution in [0.2, 0.25) is 0 Å². The van der Waals surface area contributed by atoms with Crippen LogP contribution >= 0.6 is 0 Å². The summed E-state index contributed by atoms with van der Waals surface area (Å²) in [5, 5.41) is 6.14. The van der Waals surface area contributed by atoms with Crippen molar-refractivity contribution in [3.63, 3.8) is 0 Å². The molecule has 2 fully saturated rings.